The Kier molecular flexibility index (Phi) is 4.16. The molecular weight excluding hydrogens is 250 g/mol. The summed E-state index contributed by atoms with van der Waals surface area (Å²) >= 11 is 0. The van der Waals surface area contributed by atoms with Crippen molar-refractivity contribution in [1.29, 1.82) is 0 Å². The maximum atomic E-state index is 11.8. The summed E-state index contributed by atoms with van der Waals surface area (Å²) < 4.78 is 6.87. The number of nitrogens with one attached hydrogen (secondary N) is 1. The zero-order valence-corrected chi connectivity index (χ0v) is 10.7. The first-order valence-corrected chi connectivity index (χ1v) is 6.20. The normalized spacial score (nSPS) is 22.4. The van der Waals surface area contributed by atoms with Gasteiger partial charge in [0, 0.05) is 19.8 Å². The third-order valence-corrected chi connectivity index (χ3v) is 3.06. The van der Waals surface area contributed by atoms with Crippen molar-refractivity contribution in [3.8, 4) is 0 Å². The Bertz CT molecular complexity index is 471. The van der Waals surface area contributed by atoms with Crippen molar-refractivity contribution in [2.24, 2.45) is 7.05 Å². The minimum atomic E-state index is -1.01. The molecule has 2 N–H and O–H groups in total. The number of aryl methyl sites for hydroxylation is 1. The highest BCUT2D eigenvalue weighted by Crippen LogP contribution is 2.19. The molecule has 7 heteroatoms. The Hall–Kier alpha value is -1.89. The molecular formula is C12H17N3O4. The van der Waals surface area contributed by atoms with Gasteiger partial charge in [-0.15, -0.1) is 0 Å². The van der Waals surface area contributed by atoms with Gasteiger partial charge in [-0.05, 0) is 24.8 Å². The summed E-state index contributed by atoms with van der Waals surface area (Å²) in [4.78, 5) is 22.5. The van der Waals surface area contributed by atoms with Crippen LogP contribution in [0.4, 0.5) is 0 Å². The number of nitrogens with zero attached hydrogens (tertiary/aromatic N) is 2. The lowest BCUT2D eigenvalue weighted by Gasteiger charge is -2.11. The number of ether oxygens (including phenoxy) is 1. The first kappa shape index (κ1) is 13.5. The predicted octanol–water partition coefficient (Wildman–Crippen LogP) is -0.289. The molecule has 2 unspecified atom stereocenters. The lowest BCUT2D eigenvalue weighted by Crippen LogP contribution is -2.36. The van der Waals surface area contributed by atoms with Gasteiger partial charge in [-0.1, -0.05) is 0 Å². The molecule has 0 saturated carbocycles. The minimum Gasteiger partial charge on any atom is -0.479 e. The molecule has 1 aromatic heterocycles. The van der Waals surface area contributed by atoms with Gasteiger partial charge >= 0.3 is 5.97 Å². The molecule has 1 aliphatic rings. The van der Waals surface area contributed by atoms with Crippen molar-refractivity contribution in [2.45, 2.75) is 31.5 Å². The maximum Gasteiger partial charge on any atom is 0.332 e. The highest BCUT2D eigenvalue weighted by molar-refractivity contribution is 5.82. The first-order valence-electron chi connectivity index (χ1n) is 6.20. The number of rotatable bonds is 5. The second-order valence-electron chi connectivity index (χ2n) is 4.59. The SMILES string of the molecule is Cn1cc(CCNC(=O)C2CCC(C(=O)O)O2)cn1. The quantitative estimate of drug-likeness (QED) is 0.764. The van der Waals surface area contributed by atoms with Gasteiger partial charge in [0.2, 0.25) is 5.91 Å². The fourth-order valence-electron chi connectivity index (χ4n) is 2.06. The van der Waals surface area contributed by atoms with Crippen LogP contribution in [0.5, 0.6) is 0 Å². The molecule has 19 heavy (non-hydrogen) atoms. The van der Waals surface area contributed by atoms with E-state index in [1.165, 1.54) is 0 Å². The number of carboxylic acid groups (broad SMARTS) is 1. The summed E-state index contributed by atoms with van der Waals surface area (Å²) in [5.74, 6) is -1.25. The molecule has 2 atom stereocenters. The van der Waals surface area contributed by atoms with Crippen molar-refractivity contribution in [3.63, 3.8) is 0 Å². The smallest absolute Gasteiger partial charge is 0.332 e. The highest BCUT2D eigenvalue weighted by atomic mass is 16.5. The van der Waals surface area contributed by atoms with Crippen LogP contribution in [-0.4, -0.2) is 45.5 Å². The average molecular weight is 267 g/mol. The minimum absolute atomic E-state index is 0.243. The van der Waals surface area contributed by atoms with Crippen LogP contribution in [0.2, 0.25) is 0 Å². The Morgan fingerprint density at radius 1 is 1.53 bits per heavy atom. The summed E-state index contributed by atoms with van der Waals surface area (Å²) in [5.41, 5.74) is 1.04. The molecule has 1 amide bonds. The highest BCUT2D eigenvalue weighted by Gasteiger charge is 2.34. The number of aromatic nitrogens is 2. The molecule has 1 aliphatic heterocycles. The van der Waals surface area contributed by atoms with Crippen molar-refractivity contribution < 1.29 is 19.4 Å². The van der Waals surface area contributed by atoms with Gasteiger partial charge < -0.3 is 15.2 Å². The number of carbonyl (C=O) groups excluding carboxylic acids is 1. The van der Waals surface area contributed by atoms with E-state index in [1.54, 1.807) is 10.9 Å². The van der Waals surface area contributed by atoms with Crippen LogP contribution in [0.25, 0.3) is 0 Å². The van der Waals surface area contributed by atoms with E-state index < -0.39 is 18.2 Å². The number of carboxylic acids is 1. The van der Waals surface area contributed by atoms with Gasteiger partial charge in [0.1, 0.15) is 6.10 Å². The van der Waals surface area contributed by atoms with Gasteiger partial charge in [-0.3, -0.25) is 9.48 Å². The monoisotopic (exact) mass is 267 g/mol. The summed E-state index contributed by atoms with van der Waals surface area (Å²) in [7, 11) is 1.83. The van der Waals surface area contributed by atoms with Crippen LogP contribution in [0.1, 0.15) is 18.4 Å². The van der Waals surface area contributed by atoms with Gasteiger partial charge in [0.25, 0.3) is 0 Å². The average Bonchev–Trinajstić information content (AvgIpc) is 2.98. The second-order valence-corrected chi connectivity index (χ2v) is 4.59. The summed E-state index contributed by atoms with van der Waals surface area (Å²) in [6.07, 6.45) is 3.67. The zero-order chi connectivity index (χ0) is 13.8. The van der Waals surface area contributed by atoms with E-state index >= 15 is 0 Å². The summed E-state index contributed by atoms with van der Waals surface area (Å²) in [6, 6.07) is 0. The van der Waals surface area contributed by atoms with Crippen molar-refractivity contribution in [2.75, 3.05) is 6.54 Å². The third kappa shape index (κ3) is 3.54. The molecule has 7 nitrogen and oxygen atoms in total. The largest absolute Gasteiger partial charge is 0.479 e. The summed E-state index contributed by atoms with van der Waals surface area (Å²) in [6.45, 7) is 0.488. The lowest BCUT2D eigenvalue weighted by atomic mass is 10.2. The topological polar surface area (TPSA) is 93.5 Å². The Balaban J connectivity index is 1.72. The molecule has 0 bridgehead atoms. The van der Waals surface area contributed by atoms with Crippen LogP contribution in [-0.2, 0) is 27.8 Å². The molecule has 2 heterocycles. The number of hydrogen-bond donors (Lipinski definition) is 2. The number of amides is 1. The molecule has 2 rings (SSSR count). The summed E-state index contributed by atoms with van der Waals surface area (Å²) in [5, 5.41) is 15.6. The van der Waals surface area contributed by atoms with Gasteiger partial charge in [0.05, 0.1) is 6.20 Å². The fourth-order valence-corrected chi connectivity index (χ4v) is 2.06. The van der Waals surface area contributed by atoms with Gasteiger partial charge in [-0.25, -0.2) is 4.79 Å². The molecule has 1 aromatic rings. The number of carbonyl (C=O) groups is 2. The standard InChI is InChI=1S/C12H17N3O4/c1-15-7-8(6-14-15)4-5-13-11(16)9-2-3-10(19-9)12(17)18/h6-7,9-10H,2-5H2,1H3,(H,13,16)(H,17,18). The van der Waals surface area contributed by atoms with E-state index in [4.69, 9.17) is 9.84 Å². The molecule has 104 valence electrons. The van der Waals surface area contributed by atoms with Gasteiger partial charge in [0.15, 0.2) is 6.10 Å². The Morgan fingerprint density at radius 3 is 2.84 bits per heavy atom. The van der Waals surface area contributed by atoms with Crippen LogP contribution in [0.3, 0.4) is 0 Å². The Labute approximate surface area is 110 Å². The number of aliphatic carboxylic acids is 1. The third-order valence-electron chi connectivity index (χ3n) is 3.06. The predicted molar refractivity (Wildman–Crippen MR) is 65.5 cm³/mol. The van der Waals surface area contributed by atoms with E-state index in [9.17, 15) is 9.59 Å². The molecule has 0 radical (unpaired) electrons. The zero-order valence-electron chi connectivity index (χ0n) is 10.7. The second kappa shape index (κ2) is 5.83. The number of hydrogen-bond acceptors (Lipinski definition) is 4. The molecule has 0 aliphatic carbocycles. The fraction of sp³-hybridized carbons (Fsp3) is 0.583. The van der Waals surface area contributed by atoms with Crippen LogP contribution >= 0.6 is 0 Å². The van der Waals surface area contributed by atoms with E-state index in [1.807, 2.05) is 13.2 Å². The van der Waals surface area contributed by atoms with Gasteiger partial charge in [-0.2, -0.15) is 5.10 Å². The molecule has 1 fully saturated rings. The van der Waals surface area contributed by atoms with Crippen LogP contribution in [0.15, 0.2) is 12.4 Å². The van der Waals surface area contributed by atoms with E-state index in [2.05, 4.69) is 10.4 Å². The van der Waals surface area contributed by atoms with Crippen molar-refractivity contribution in [3.05, 3.63) is 18.0 Å². The molecule has 1 saturated heterocycles. The van der Waals surface area contributed by atoms with Crippen LogP contribution in [0, 0.1) is 0 Å². The molecule has 0 spiro atoms. The van der Waals surface area contributed by atoms with Crippen LogP contribution < -0.4 is 5.32 Å². The Morgan fingerprint density at radius 2 is 2.26 bits per heavy atom. The van der Waals surface area contributed by atoms with E-state index in [0.717, 1.165) is 5.56 Å². The van der Waals surface area contributed by atoms with E-state index in [-0.39, 0.29) is 5.91 Å². The lowest BCUT2D eigenvalue weighted by molar-refractivity contribution is -0.151. The van der Waals surface area contributed by atoms with Crippen molar-refractivity contribution >= 4 is 11.9 Å². The van der Waals surface area contributed by atoms with Crippen molar-refractivity contribution in [1.82, 2.24) is 15.1 Å². The van der Waals surface area contributed by atoms with E-state index in [0.29, 0.717) is 25.8 Å². The maximum absolute atomic E-state index is 11.8. The molecule has 0 aromatic carbocycles. The first-order chi connectivity index (χ1) is 9.06.